The Morgan fingerprint density at radius 1 is 1.38 bits per heavy atom. The number of urea groups is 1. The first-order valence-corrected chi connectivity index (χ1v) is 6.63. The standard InChI is InChI=1S/C14H19N5O2/c1-10-4-5-12(21-3)13(17-10)18-14(20)15-8-6-11-7-9-16-19(11)2/h4-5,7,9H,6,8H2,1-3H3,(H2,15,17,18,20). The van der Waals surface area contributed by atoms with Crippen LogP contribution in [0.1, 0.15) is 11.4 Å². The molecule has 2 heterocycles. The van der Waals surface area contributed by atoms with Crippen molar-refractivity contribution in [2.24, 2.45) is 7.05 Å². The van der Waals surface area contributed by atoms with E-state index in [9.17, 15) is 4.79 Å². The number of pyridine rings is 1. The highest BCUT2D eigenvalue weighted by molar-refractivity contribution is 5.89. The van der Waals surface area contributed by atoms with Crippen molar-refractivity contribution < 1.29 is 9.53 Å². The predicted octanol–water partition coefficient (Wildman–Crippen LogP) is 1.50. The molecule has 0 spiro atoms. The van der Waals surface area contributed by atoms with E-state index in [1.54, 1.807) is 16.9 Å². The minimum absolute atomic E-state index is 0.312. The van der Waals surface area contributed by atoms with Crippen LogP contribution in [0.4, 0.5) is 10.6 Å². The fourth-order valence-electron chi connectivity index (χ4n) is 1.90. The van der Waals surface area contributed by atoms with Gasteiger partial charge in [-0.25, -0.2) is 9.78 Å². The maximum absolute atomic E-state index is 11.9. The van der Waals surface area contributed by atoms with Crippen molar-refractivity contribution in [2.75, 3.05) is 19.0 Å². The lowest BCUT2D eigenvalue weighted by atomic mass is 10.3. The van der Waals surface area contributed by atoms with Gasteiger partial charge in [0.05, 0.1) is 7.11 Å². The Morgan fingerprint density at radius 2 is 2.19 bits per heavy atom. The number of nitrogens with zero attached hydrogens (tertiary/aromatic N) is 3. The third-order valence-corrected chi connectivity index (χ3v) is 3.04. The van der Waals surface area contributed by atoms with Crippen LogP contribution in [0.2, 0.25) is 0 Å². The van der Waals surface area contributed by atoms with Crippen molar-refractivity contribution in [2.45, 2.75) is 13.3 Å². The summed E-state index contributed by atoms with van der Waals surface area (Å²) in [7, 11) is 3.41. The molecule has 112 valence electrons. The first-order valence-electron chi connectivity index (χ1n) is 6.63. The fraction of sp³-hybridized carbons (Fsp3) is 0.357. The summed E-state index contributed by atoms with van der Waals surface area (Å²) in [5, 5.41) is 9.55. The van der Waals surface area contributed by atoms with E-state index < -0.39 is 0 Å². The summed E-state index contributed by atoms with van der Waals surface area (Å²) in [6, 6.07) is 5.20. The molecular weight excluding hydrogens is 270 g/mol. The molecule has 0 saturated carbocycles. The number of amides is 2. The summed E-state index contributed by atoms with van der Waals surface area (Å²) < 4.78 is 6.95. The number of carbonyl (C=O) groups excluding carboxylic acids is 1. The smallest absolute Gasteiger partial charge is 0.320 e. The van der Waals surface area contributed by atoms with Crippen LogP contribution < -0.4 is 15.4 Å². The van der Waals surface area contributed by atoms with Gasteiger partial charge < -0.3 is 10.1 Å². The minimum atomic E-state index is -0.312. The van der Waals surface area contributed by atoms with Crippen LogP contribution in [0.15, 0.2) is 24.4 Å². The number of ether oxygens (including phenoxy) is 1. The Morgan fingerprint density at radius 3 is 2.86 bits per heavy atom. The molecule has 0 unspecified atom stereocenters. The quantitative estimate of drug-likeness (QED) is 0.874. The van der Waals surface area contributed by atoms with E-state index in [2.05, 4.69) is 20.7 Å². The van der Waals surface area contributed by atoms with E-state index in [0.29, 0.717) is 24.5 Å². The maximum Gasteiger partial charge on any atom is 0.320 e. The van der Waals surface area contributed by atoms with Crippen molar-refractivity contribution in [3.63, 3.8) is 0 Å². The van der Waals surface area contributed by atoms with Crippen LogP contribution in [0.3, 0.4) is 0 Å². The number of hydrogen-bond donors (Lipinski definition) is 2. The van der Waals surface area contributed by atoms with Gasteiger partial charge in [0.2, 0.25) is 0 Å². The molecule has 0 aliphatic carbocycles. The monoisotopic (exact) mass is 289 g/mol. The highest BCUT2D eigenvalue weighted by atomic mass is 16.5. The van der Waals surface area contributed by atoms with Crippen LogP contribution >= 0.6 is 0 Å². The second-order valence-corrected chi connectivity index (χ2v) is 4.58. The average molecular weight is 289 g/mol. The van der Waals surface area contributed by atoms with Crippen molar-refractivity contribution in [1.82, 2.24) is 20.1 Å². The normalized spacial score (nSPS) is 10.2. The number of carbonyl (C=O) groups is 1. The van der Waals surface area contributed by atoms with Gasteiger partial charge in [0, 0.05) is 37.6 Å². The van der Waals surface area contributed by atoms with Gasteiger partial charge in [-0.1, -0.05) is 0 Å². The zero-order valence-electron chi connectivity index (χ0n) is 12.4. The molecule has 0 aliphatic rings. The molecule has 7 nitrogen and oxygen atoms in total. The second-order valence-electron chi connectivity index (χ2n) is 4.58. The molecule has 2 amide bonds. The van der Waals surface area contributed by atoms with Gasteiger partial charge >= 0.3 is 6.03 Å². The summed E-state index contributed by atoms with van der Waals surface area (Å²) >= 11 is 0. The van der Waals surface area contributed by atoms with Gasteiger partial charge in [-0.15, -0.1) is 0 Å². The Labute approximate surface area is 123 Å². The molecule has 0 fully saturated rings. The SMILES string of the molecule is COc1ccc(C)nc1NC(=O)NCCc1ccnn1C. The lowest BCUT2D eigenvalue weighted by Crippen LogP contribution is -2.31. The molecule has 0 radical (unpaired) electrons. The molecule has 0 atom stereocenters. The Balaban J connectivity index is 1.87. The Kier molecular flexibility index (Phi) is 4.76. The lowest BCUT2D eigenvalue weighted by molar-refractivity contribution is 0.252. The number of hydrogen-bond acceptors (Lipinski definition) is 4. The molecule has 2 aromatic rings. The predicted molar refractivity (Wildman–Crippen MR) is 79.5 cm³/mol. The van der Waals surface area contributed by atoms with Gasteiger partial charge in [-0.3, -0.25) is 10.00 Å². The number of rotatable bonds is 5. The largest absolute Gasteiger partial charge is 0.493 e. The summed E-state index contributed by atoms with van der Waals surface area (Å²) in [5.74, 6) is 0.943. The van der Waals surface area contributed by atoms with Crippen LogP contribution in [-0.2, 0) is 13.5 Å². The van der Waals surface area contributed by atoms with Gasteiger partial charge in [0.1, 0.15) is 0 Å². The molecule has 0 aromatic carbocycles. The maximum atomic E-state index is 11.9. The third kappa shape index (κ3) is 3.95. The minimum Gasteiger partial charge on any atom is -0.493 e. The highest BCUT2D eigenvalue weighted by Crippen LogP contribution is 2.21. The van der Waals surface area contributed by atoms with Gasteiger partial charge in [0.15, 0.2) is 11.6 Å². The number of aromatic nitrogens is 3. The molecule has 2 rings (SSSR count). The summed E-state index contributed by atoms with van der Waals surface area (Å²) in [6.07, 6.45) is 2.44. The molecule has 7 heteroatoms. The first kappa shape index (κ1) is 14.8. The van der Waals surface area contributed by atoms with Crippen LogP contribution in [-0.4, -0.2) is 34.5 Å². The summed E-state index contributed by atoms with van der Waals surface area (Å²) in [5.41, 5.74) is 1.86. The van der Waals surface area contributed by atoms with Gasteiger partial charge in [-0.2, -0.15) is 5.10 Å². The zero-order valence-corrected chi connectivity index (χ0v) is 12.4. The Hall–Kier alpha value is -2.57. The zero-order chi connectivity index (χ0) is 15.2. The topological polar surface area (TPSA) is 81.1 Å². The van der Waals surface area contributed by atoms with E-state index in [4.69, 9.17) is 4.74 Å². The molecule has 2 aromatic heterocycles. The van der Waals surface area contributed by atoms with E-state index in [0.717, 1.165) is 11.4 Å². The molecule has 0 saturated heterocycles. The summed E-state index contributed by atoms with van der Waals surface area (Å²) in [4.78, 5) is 16.1. The van der Waals surface area contributed by atoms with Gasteiger partial charge in [0.25, 0.3) is 0 Å². The van der Waals surface area contributed by atoms with E-state index in [1.807, 2.05) is 26.1 Å². The Bertz CT molecular complexity index is 624. The number of aryl methyl sites for hydroxylation is 2. The van der Waals surface area contributed by atoms with Crippen molar-refractivity contribution in [3.05, 3.63) is 35.8 Å². The van der Waals surface area contributed by atoms with E-state index in [1.165, 1.54) is 7.11 Å². The molecular formula is C14H19N5O2. The van der Waals surface area contributed by atoms with E-state index in [-0.39, 0.29) is 6.03 Å². The number of nitrogens with one attached hydrogen (secondary N) is 2. The third-order valence-electron chi connectivity index (χ3n) is 3.04. The second kappa shape index (κ2) is 6.74. The van der Waals surface area contributed by atoms with Crippen molar-refractivity contribution in [1.29, 1.82) is 0 Å². The molecule has 0 bridgehead atoms. The number of anilines is 1. The average Bonchev–Trinajstić information content (AvgIpc) is 2.85. The van der Waals surface area contributed by atoms with Crippen LogP contribution in [0.5, 0.6) is 5.75 Å². The molecule has 2 N–H and O–H groups in total. The fourth-order valence-corrected chi connectivity index (χ4v) is 1.90. The lowest BCUT2D eigenvalue weighted by Gasteiger charge is -2.11. The molecule has 0 aliphatic heterocycles. The highest BCUT2D eigenvalue weighted by Gasteiger charge is 2.09. The van der Waals surface area contributed by atoms with E-state index >= 15 is 0 Å². The summed E-state index contributed by atoms with van der Waals surface area (Å²) in [6.45, 7) is 2.37. The first-order chi connectivity index (χ1) is 10.1. The van der Waals surface area contributed by atoms with Gasteiger partial charge in [-0.05, 0) is 25.1 Å². The van der Waals surface area contributed by atoms with Crippen molar-refractivity contribution >= 4 is 11.8 Å². The molecule has 21 heavy (non-hydrogen) atoms. The van der Waals surface area contributed by atoms with Crippen LogP contribution in [0.25, 0.3) is 0 Å². The van der Waals surface area contributed by atoms with Crippen LogP contribution in [0, 0.1) is 6.92 Å². The number of methoxy groups -OCH3 is 1. The van der Waals surface area contributed by atoms with Crippen molar-refractivity contribution in [3.8, 4) is 5.75 Å².